The molecule has 1 saturated heterocycles. The SMILES string of the molecule is O=C(O)C1CCCN1c1ccc2ccc(Cl)c(Cl)c2n1. The Morgan fingerprint density at radius 3 is 2.80 bits per heavy atom. The Labute approximate surface area is 125 Å². The number of carbonyl (C=O) groups is 1. The Morgan fingerprint density at radius 1 is 1.30 bits per heavy atom. The van der Waals surface area contributed by atoms with Gasteiger partial charge in [-0.2, -0.15) is 0 Å². The van der Waals surface area contributed by atoms with E-state index in [1.54, 1.807) is 11.0 Å². The third-order valence-corrected chi connectivity index (χ3v) is 4.36. The minimum absolute atomic E-state index is 0.400. The van der Waals surface area contributed by atoms with Gasteiger partial charge in [0, 0.05) is 11.9 Å². The molecule has 104 valence electrons. The molecule has 0 radical (unpaired) electrons. The molecule has 1 atom stereocenters. The first-order valence-corrected chi connectivity index (χ1v) is 7.08. The van der Waals surface area contributed by atoms with Gasteiger partial charge in [-0.25, -0.2) is 9.78 Å². The predicted octanol–water partition coefficient (Wildman–Crippen LogP) is 3.60. The Morgan fingerprint density at radius 2 is 2.05 bits per heavy atom. The van der Waals surface area contributed by atoms with Gasteiger partial charge in [-0.15, -0.1) is 0 Å². The fraction of sp³-hybridized carbons (Fsp3) is 0.286. The van der Waals surface area contributed by atoms with E-state index < -0.39 is 12.0 Å². The van der Waals surface area contributed by atoms with E-state index in [2.05, 4.69) is 4.98 Å². The largest absolute Gasteiger partial charge is 0.480 e. The summed E-state index contributed by atoms with van der Waals surface area (Å²) in [6.45, 7) is 0.688. The van der Waals surface area contributed by atoms with Crippen molar-refractivity contribution in [2.75, 3.05) is 11.4 Å². The molecule has 6 heteroatoms. The summed E-state index contributed by atoms with van der Waals surface area (Å²) in [5.74, 6) is -0.187. The Bertz CT molecular complexity index is 690. The molecule has 4 nitrogen and oxygen atoms in total. The molecule has 1 unspecified atom stereocenters. The van der Waals surface area contributed by atoms with Crippen LogP contribution >= 0.6 is 23.2 Å². The van der Waals surface area contributed by atoms with Gasteiger partial charge in [-0.3, -0.25) is 0 Å². The van der Waals surface area contributed by atoms with E-state index in [4.69, 9.17) is 23.2 Å². The molecule has 20 heavy (non-hydrogen) atoms. The van der Waals surface area contributed by atoms with E-state index in [1.807, 2.05) is 18.2 Å². The highest BCUT2D eigenvalue weighted by Gasteiger charge is 2.31. The van der Waals surface area contributed by atoms with Crippen molar-refractivity contribution in [3.63, 3.8) is 0 Å². The van der Waals surface area contributed by atoms with Gasteiger partial charge in [0.15, 0.2) is 0 Å². The molecule has 1 aromatic heterocycles. The summed E-state index contributed by atoms with van der Waals surface area (Å²) in [6, 6.07) is 6.77. The van der Waals surface area contributed by atoms with E-state index in [-0.39, 0.29) is 0 Å². The van der Waals surface area contributed by atoms with Gasteiger partial charge < -0.3 is 10.0 Å². The third-order valence-electron chi connectivity index (χ3n) is 3.57. The van der Waals surface area contributed by atoms with Crippen LogP contribution in [0.4, 0.5) is 5.82 Å². The Hall–Kier alpha value is -1.52. The van der Waals surface area contributed by atoms with Crippen LogP contribution < -0.4 is 4.90 Å². The topological polar surface area (TPSA) is 53.4 Å². The molecule has 1 aromatic carbocycles. The second kappa shape index (κ2) is 5.11. The van der Waals surface area contributed by atoms with Crippen molar-refractivity contribution < 1.29 is 9.90 Å². The molecule has 0 spiro atoms. The van der Waals surface area contributed by atoms with Gasteiger partial charge in [0.05, 0.1) is 15.6 Å². The number of benzene rings is 1. The summed E-state index contributed by atoms with van der Waals surface area (Å²) in [5, 5.41) is 11.0. The lowest BCUT2D eigenvalue weighted by molar-refractivity contribution is -0.138. The number of anilines is 1. The number of halogens is 2. The lowest BCUT2D eigenvalue weighted by Gasteiger charge is -2.22. The maximum absolute atomic E-state index is 11.3. The van der Waals surface area contributed by atoms with Gasteiger partial charge in [-0.05, 0) is 31.0 Å². The molecule has 0 bridgehead atoms. The molecular weight excluding hydrogens is 299 g/mol. The predicted molar refractivity (Wildman–Crippen MR) is 79.8 cm³/mol. The van der Waals surface area contributed by atoms with Crippen molar-refractivity contribution in [1.82, 2.24) is 4.98 Å². The zero-order valence-corrected chi connectivity index (χ0v) is 12.0. The van der Waals surface area contributed by atoms with Crippen LogP contribution in [-0.2, 0) is 4.79 Å². The fourth-order valence-corrected chi connectivity index (χ4v) is 2.94. The summed E-state index contributed by atoms with van der Waals surface area (Å²) >= 11 is 12.2. The summed E-state index contributed by atoms with van der Waals surface area (Å²) in [6.07, 6.45) is 1.48. The third kappa shape index (κ3) is 2.19. The molecule has 0 aliphatic carbocycles. The number of aliphatic carboxylic acids is 1. The van der Waals surface area contributed by atoms with Crippen LogP contribution in [0.2, 0.25) is 10.0 Å². The van der Waals surface area contributed by atoms with Crippen LogP contribution in [0.25, 0.3) is 10.9 Å². The molecule has 0 amide bonds. The number of fused-ring (bicyclic) bond motifs is 1. The minimum Gasteiger partial charge on any atom is -0.480 e. The fourth-order valence-electron chi connectivity index (χ4n) is 2.58. The molecule has 0 saturated carbocycles. The van der Waals surface area contributed by atoms with Crippen molar-refractivity contribution in [2.45, 2.75) is 18.9 Å². The number of hydrogen-bond acceptors (Lipinski definition) is 3. The minimum atomic E-state index is -0.818. The lowest BCUT2D eigenvalue weighted by Crippen LogP contribution is -2.36. The number of carboxylic acid groups (broad SMARTS) is 1. The average molecular weight is 311 g/mol. The second-order valence-electron chi connectivity index (χ2n) is 4.79. The van der Waals surface area contributed by atoms with Crippen molar-refractivity contribution in [3.8, 4) is 0 Å². The highest BCUT2D eigenvalue weighted by Crippen LogP contribution is 2.32. The van der Waals surface area contributed by atoms with Gasteiger partial charge in [0.2, 0.25) is 0 Å². The number of nitrogens with zero attached hydrogens (tertiary/aromatic N) is 2. The van der Waals surface area contributed by atoms with Crippen molar-refractivity contribution in [3.05, 3.63) is 34.3 Å². The Balaban J connectivity index is 2.08. The highest BCUT2D eigenvalue weighted by atomic mass is 35.5. The summed E-state index contributed by atoms with van der Waals surface area (Å²) in [7, 11) is 0. The van der Waals surface area contributed by atoms with E-state index in [0.717, 1.165) is 11.8 Å². The molecule has 1 aliphatic heterocycles. The lowest BCUT2D eigenvalue weighted by atomic mass is 10.2. The van der Waals surface area contributed by atoms with E-state index in [9.17, 15) is 9.90 Å². The smallest absolute Gasteiger partial charge is 0.326 e. The first-order chi connectivity index (χ1) is 9.58. The second-order valence-corrected chi connectivity index (χ2v) is 5.58. The molecule has 2 aromatic rings. The summed E-state index contributed by atoms with van der Waals surface area (Å²) in [5.41, 5.74) is 0.604. The maximum Gasteiger partial charge on any atom is 0.326 e. The van der Waals surface area contributed by atoms with Gasteiger partial charge in [0.25, 0.3) is 0 Å². The van der Waals surface area contributed by atoms with Crippen molar-refractivity contribution in [2.24, 2.45) is 0 Å². The summed E-state index contributed by atoms with van der Waals surface area (Å²) < 4.78 is 0. The zero-order valence-electron chi connectivity index (χ0n) is 10.5. The molecule has 3 rings (SSSR count). The highest BCUT2D eigenvalue weighted by molar-refractivity contribution is 6.45. The van der Waals surface area contributed by atoms with Crippen LogP contribution in [-0.4, -0.2) is 28.6 Å². The zero-order chi connectivity index (χ0) is 14.3. The monoisotopic (exact) mass is 310 g/mol. The number of aromatic nitrogens is 1. The van der Waals surface area contributed by atoms with E-state index in [1.165, 1.54) is 0 Å². The molecular formula is C14H12Cl2N2O2. The van der Waals surface area contributed by atoms with Crippen LogP contribution in [0.15, 0.2) is 24.3 Å². The number of hydrogen-bond donors (Lipinski definition) is 1. The van der Waals surface area contributed by atoms with Crippen molar-refractivity contribution in [1.29, 1.82) is 0 Å². The molecule has 1 N–H and O–H groups in total. The summed E-state index contributed by atoms with van der Waals surface area (Å²) in [4.78, 5) is 17.6. The normalized spacial score (nSPS) is 18.7. The first-order valence-electron chi connectivity index (χ1n) is 6.32. The van der Waals surface area contributed by atoms with E-state index >= 15 is 0 Å². The molecule has 1 fully saturated rings. The van der Waals surface area contributed by atoms with Crippen molar-refractivity contribution >= 4 is 45.9 Å². The number of pyridine rings is 1. The Kier molecular flexibility index (Phi) is 3.44. The van der Waals surface area contributed by atoms with Crippen LogP contribution in [0, 0.1) is 0 Å². The number of rotatable bonds is 2. The van der Waals surface area contributed by atoms with E-state index in [0.29, 0.717) is 34.3 Å². The van der Waals surface area contributed by atoms with Gasteiger partial charge >= 0.3 is 5.97 Å². The molecule has 1 aliphatic rings. The van der Waals surface area contributed by atoms with Crippen LogP contribution in [0.3, 0.4) is 0 Å². The van der Waals surface area contributed by atoms with Gasteiger partial charge in [-0.1, -0.05) is 29.3 Å². The average Bonchev–Trinajstić information content (AvgIpc) is 2.92. The number of carboxylic acids is 1. The van der Waals surface area contributed by atoms with Crippen LogP contribution in [0.1, 0.15) is 12.8 Å². The standard InChI is InChI=1S/C14H12Cl2N2O2/c15-9-5-3-8-4-6-11(17-13(8)12(9)16)18-7-1-2-10(18)14(19)20/h3-6,10H,1-2,7H2,(H,19,20). The first kappa shape index (κ1) is 13.5. The molecule has 2 heterocycles. The van der Waals surface area contributed by atoms with Gasteiger partial charge in [0.1, 0.15) is 11.9 Å². The van der Waals surface area contributed by atoms with Crippen LogP contribution in [0.5, 0.6) is 0 Å². The maximum atomic E-state index is 11.3. The quantitative estimate of drug-likeness (QED) is 0.921.